The zero-order chi connectivity index (χ0) is 19.9. The van der Waals surface area contributed by atoms with E-state index in [0.29, 0.717) is 19.1 Å². The lowest BCUT2D eigenvalue weighted by atomic mass is 10.0. The Labute approximate surface area is 171 Å². The maximum absolute atomic E-state index is 5.94. The summed E-state index contributed by atoms with van der Waals surface area (Å²) in [4.78, 5) is 0. The molecule has 0 aliphatic rings. The first kappa shape index (κ1) is 20.2. The lowest BCUT2D eigenvalue weighted by Gasteiger charge is -2.10. The minimum atomic E-state index is 0.382. The van der Waals surface area contributed by atoms with E-state index in [1.165, 1.54) is 16.7 Å². The van der Waals surface area contributed by atoms with Crippen molar-refractivity contribution in [1.82, 2.24) is 14.8 Å². The van der Waals surface area contributed by atoms with Crippen LogP contribution < -0.4 is 4.74 Å². The second-order valence-corrected chi connectivity index (χ2v) is 8.03. The molecule has 3 rings (SSSR count). The van der Waals surface area contributed by atoms with Gasteiger partial charge in [-0.15, -0.1) is 16.8 Å². The van der Waals surface area contributed by atoms with E-state index in [4.69, 9.17) is 4.74 Å². The lowest BCUT2D eigenvalue weighted by molar-refractivity contribution is 0.289. The number of allylic oxidation sites excluding steroid dienone is 1. The van der Waals surface area contributed by atoms with E-state index in [-0.39, 0.29) is 0 Å². The molecular formula is C23H27N3OS. The number of aromatic nitrogens is 3. The van der Waals surface area contributed by atoms with E-state index in [1.54, 1.807) is 11.8 Å². The van der Waals surface area contributed by atoms with Crippen molar-refractivity contribution in [3.05, 3.63) is 83.7 Å². The molecule has 2 aromatic carbocycles. The van der Waals surface area contributed by atoms with Gasteiger partial charge in [0.1, 0.15) is 12.4 Å². The van der Waals surface area contributed by atoms with Gasteiger partial charge < -0.3 is 4.74 Å². The first-order valence-electron chi connectivity index (χ1n) is 9.51. The van der Waals surface area contributed by atoms with Gasteiger partial charge in [-0.05, 0) is 36.1 Å². The number of thioether (sulfide) groups is 1. The number of nitrogens with zero attached hydrogens (tertiary/aromatic N) is 3. The van der Waals surface area contributed by atoms with Gasteiger partial charge in [0.15, 0.2) is 11.0 Å². The molecule has 0 amide bonds. The minimum absolute atomic E-state index is 0.382. The maximum Gasteiger partial charge on any atom is 0.191 e. The van der Waals surface area contributed by atoms with Crippen LogP contribution >= 0.6 is 11.8 Å². The Balaban J connectivity index is 1.65. The molecule has 28 heavy (non-hydrogen) atoms. The number of ether oxygens (including phenoxy) is 1. The Morgan fingerprint density at radius 2 is 1.79 bits per heavy atom. The van der Waals surface area contributed by atoms with Gasteiger partial charge in [-0.3, -0.25) is 4.57 Å². The van der Waals surface area contributed by atoms with Crippen molar-refractivity contribution in [3.8, 4) is 5.75 Å². The van der Waals surface area contributed by atoms with Crippen LogP contribution in [0.25, 0.3) is 0 Å². The molecule has 0 aliphatic carbocycles. The highest BCUT2D eigenvalue weighted by molar-refractivity contribution is 7.98. The summed E-state index contributed by atoms with van der Waals surface area (Å²) in [5.41, 5.74) is 3.84. The number of benzene rings is 2. The van der Waals surface area contributed by atoms with Crippen LogP contribution in [0.15, 0.2) is 66.3 Å². The van der Waals surface area contributed by atoms with Gasteiger partial charge >= 0.3 is 0 Å². The second-order valence-electron chi connectivity index (χ2n) is 7.08. The normalized spacial score (nSPS) is 11.0. The van der Waals surface area contributed by atoms with Gasteiger partial charge in [-0.25, -0.2) is 0 Å². The fraction of sp³-hybridized carbons (Fsp3) is 0.304. The summed E-state index contributed by atoms with van der Waals surface area (Å²) in [6.45, 7) is 11.4. The third-order valence-corrected chi connectivity index (χ3v) is 5.55. The summed E-state index contributed by atoms with van der Waals surface area (Å²) >= 11 is 1.68. The summed E-state index contributed by atoms with van der Waals surface area (Å²) in [5.74, 6) is 3.01. The standard InChI is InChI=1S/C23H27N3OS/c1-5-14-26-22(15-27-21-12-10-20(11-13-21)17(2)3)24-25-23(26)28-16-19-8-6-18(4)7-9-19/h5-13,17H,1,14-16H2,2-4H3. The molecule has 0 saturated carbocycles. The van der Waals surface area contributed by atoms with Crippen molar-refractivity contribution in [2.45, 2.75) is 50.8 Å². The van der Waals surface area contributed by atoms with Crippen LogP contribution in [-0.4, -0.2) is 14.8 Å². The summed E-state index contributed by atoms with van der Waals surface area (Å²) in [5, 5.41) is 9.59. The average molecular weight is 394 g/mol. The molecule has 0 aliphatic heterocycles. The SMILES string of the molecule is C=CCn1c(COc2ccc(C(C)C)cc2)nnc1SCc1ccc(C)cc1. The zero-order valence-corrected chi connectivity index (χ0v) is 17.6. The molecule has 4 nitrogen and oxygen atoms in total. The molecule has 0 saturated heterocycles. The highest BCUT2D eigenvalue weighted by atomic mass is 32.2. The molecule has 0 atom stereocenters. The van der Waals surface area contributed by atoms with E-state index < -0.39 is 0 Å². The molecule has 0 fully saturated rings. The average Bonchev–Trinajstić information content (AvgIpc) is 3.08. The Kier molecular flexibility index (Phi) is 6.93. The van der Waals surface area contributed by atoms with Crippen molar-refractivity contribution in [2.75, 3.05) is 0 Å². The number of hydrogen-bond acceptors (Lipinski definition) is 4. The van der Waals surface area contributed by atoms with Crippen molar-refractivity contribution in [3.63, 3.8) is 0 Å². The number of rotatable bonds is 9. The first-order chi connectivity index (χ1) is 13.6. The predicted octanol–water partition coefficient (Wildman–Crippen LogP) is 5.77. The fourth-order valence-electron chi connectivity index (χ4n) is 2.77. The number of aryl methyl sites for hydroxylation is 1. The zero-order valence-electron chi connectivity index (χ0n) is 16.8. The van der Waals surface area contributed by atoms with E-state index >= 15 is 0 Å². The quantitative estimate of drug-likeness (QED) is 0.342. The predicted molar refractivity (Wildman–Crippen MR) is 116 cm³/mol. The van der Waals surface area contributed by atoms with E-state index in [1.807, 2.05) is 18.2 Å². The minimum Gasteiger partial charge on any atom is -0.486 e. The van der Waals surface area contributed by atoms with E-state index in [0.717, 1.165) is 22.5 Å². The van der Waals surface area contributed by atoms with Gasteiger partial charge in [0.05, 0.1) is 0 Å². The lowest BCUT2D eigenvalue weighted by Crippen LogP contribution is -2.07. The highest BCUT2D eigenvalue weighted by Gasteiger charge is 2.13. The summed E-state index contributed by atoms with van der Waals surface area (Å²) in [6.07, 6.45) is 1.86. The third kappa shape index (κ3) is 5.26. The molecule has 0 radical (unpaired) electrons. The molecule has 146 valence electrons. The molecule has 3 aromatic rings. The van der Waals surface area contributed by atoms with Gasteiger partial charge in [0.25, 0.3) is 0 Å². The summed E-state index contributed by atoms with van der Waals surface area (Å²) in [6, 6.07) is 16.8. The summed E-state index contributed by atoms with van der Waals surface area (Å²) in [7, 11) is 0. The van der Waals surface area contributed by atoms with Crippen molar-refractivity contribution >= 4 is 11.8 Å². The molecular weight excluding hydrogens is 366 g/mol. The Morgan fingerprint density at radius 3 is 2.43 bits per heavy atom. The van der Waals surface area contributed by atoms with Crippen molar-refractivity contribution in [2.24, 2.45) is 0 Å². The van der Waals surface area contributed by atoms with Crippen LogP contribution in [0.4, 0.5) is 0 Å². The Bertz CT molecular complexity index is 899. The van der Waals surface area contributed by atoms with Crippen LogP contribution in [-0.2, 0) is 18.9 Å². The summed E-state index contributed by atoms with van der Waals surface area (Å²) < 4.78 is 8.00. The van der Waals surface area contributed by atoms with E-state index in [2.05, 4.69) is 78.5 Å². The molecule has 0 N–H and O–H groups in total. The molecule has 0 spiro atoms. The first-order valence-corrected chi connectivity index (χ1v) is 10.5. The number of hydrogen-bond donors (Lipinski definition) is 0. The van der Waals surface area contributed by atoms with Crippen molar-refractivity contribution < 1.29 is 4.74 Å². The molecule has 0 unspecified atom stereocenters. The maximum atomic E-state index is 5.94. The van der Waals surface area contributed by atoms with Crippen LogP contribution in [0.5, 0.6) is 5.75 Å². The smallest absolute Gasteiger partial charge is 0.191 e. The van der Waals surface area contributed by atoms with Crippen LogP contribution in [0.2, 0.25) is 0 Å². The largest absolute Gasteiger partial charge is 0.486 e. The van der Waals surface area contributed by atoms with Crippen LogP contribution in [0.3, 0.4) is 0 Å². The van der Waals surface area contributed by atoms with Crippen molar-refractivity contribution in [1.29, 1.82) is 0 Å². The van der Waals surface area contributed by atoms with Gasteiger partial charge in [-0.2, -0.15) is 0 Å². The van der Waals surface area contributed by atoms with Gasteiger partial charge in [0, 0.05) is 12.3 Å². The third-order valence-electron chi connectivity index (χ3n) is 4.51. The Morgan fingerprint density at radius 1 is 1.07 bits per heavy atom. The molecule has 1 aromatic heterocycles. The highest BCUT2D eigenvalue weighted by Crippen LogP contribution is 2.24. The van der Waals surface area contributed by atoms with E-state index in [9.17, 15) is 0 Å². The second kappa shape index (κ2) is 9.60. The topological polar surface area (TPSA) is 39.9 Å². The molecule has 0 bridgehead atoms. The van der Waals surface area contributed by atoms with Crippen LogP contribution in [0, 0.1) is 6.92 Å². The van der Waals surface area contributed by atoms with Gasteiger partial charge in [0.2, 0.25) is 0 Å². The molecule has 1 heterocycles. The fourth-order valence-corrected chi connectivity index (χ4v) is 3.70. The van der Waals surface area contributed by atoms with Gasteiger partial charge in [-0.1, -0.05) is 73.6 Å². The monoisotopic (exact) mass is 393 g/mol. The van der Waals surface area contributed by atoms with Crippen LogP contribution in [0.1, 0.15) is 42.3 Å². The Hall–Kier alpha value is -2.53. The molecule has 5 heteroatoms.